The maximum Gasteiger partial charge on any atom is 0.405 e. The van der Waals surface area contributed by atoms with Gasteiger partial charge in [0, 0.05) is 43.0 Å². The van der Waals surface area contributed by atoms with Gasteiger partial charge in [0.25, 0.3) is 0 Å². The van der Waals surface area contributed by atoms with Gasteiger partial charge in [-0.25, -0.2) is 4.98 Å². The summed E-state index contributed by atoms with van der Waals surface area (Å²) in [5, 5.41) is 8.17. The molecule has 11 heteroatoms. The Morgan fingerprint density at radius 2 is 2.17 bits per heavy atom. The number of alkyl halides is 3. The Hall–Kier alpha value is -1.75. The first-order valence-electron chi connectivity index (χ1n) is 8.96. The van der Waals surface area contributed by atoms with Crippen LogP contribution in [0.25, 0.3) is 10.6 Å². The van der Waals surface area contributed by atoms with Gasteiger partial charge in [-0.1, -0.05) is 11.6 Å². The summed E-state index contributed by atoms with van der Waals surface area (Å²) in [5.74, 6) is -0.660. The topological polar surface area (TPSA) is 70.2 Å². The van der Waals surface area contributed by atoms with Crippen LogP contribution in [-0.4, -0.2) is 59.2 Å². The molecule has 0 radical (unpaired) electrons. The van der Waals surface area contributed by atoms with Crippen molar-refractivity contribution in [1.29, 1.82) is 0 Å². The number of hydrogen-bond donors (Lipinski definition) is 2. The predicted molar refractivity (Wildman–Crippen MR) is 106 cm³/mol. The first-order valence-corrected chi connectivity index (χ1v) is 10.2. The Kier molecular flexibility index (Phi) is 6.47. The molecule has 0 aromatic carbocycles. The minimum absolute atomic E-state index is 0.280. The highest BCUT2D eigenvalue weighted by Gasteiger charge is 2.37. The van der Waals surface area contributed by atoms with E-state index in [0.29, 0.717) is 18.1 Å². The van der Waals surface area contributed by atoms with Crippen molar-refractivity contribution < 1.29 is 18.0 Å². The molecule has 1 saturated heterocycles. The third-order valence-electron chi connectivity index (χ3n) is 4.83. The van der Waals surface area contributed by atoms with E-state index in [0.717, 1.165) is 16.3 Å². The Balaban J connectivity index is 1.71. The van der Waals surface area contributed by atoms with E-state index in [2.05, 4.69) is 15.2 Å². The van der Waals surface area contributed by atoms with Gasteiger partial charge < -0.3 is 10.6 Å². The van der Waals surface area contributed by atoms with Gasteiger partial charge in [-0.3, -0.25) is 14.7 Å². The van der Waals surface area contributed by atoms with Crippen molar-refractivity contribution in [2.24, 2.45) is 0 Å². The SMILES string of the molecule is CC(C)(c1csc(-c2cncc(Cl)c2)n1)N1CCN[C@H](C(=O)NCC(F)(F)F)C1. The number of nitrogens with zero attached hydrogens (tertiary/aromatic N) is 3. The van der Waals surface area contributed by atoms with Crippen LogP contribution in [0.4, 0.5) is 13.2 Å². The third kappa shape index (κ3) is 5.44. The lowest BCUT2D eigenvalue weighted by Gasteiger charge is -2.42. The molecule has 3 rings (SSSR count). The molecule has 0 spiro atoms. The molecule has 29 heavy (non-hydrogen) atoms. The fourth-order valence-corrected chi connectivity index (χ4v) is 4.26. The van der Waals surface area contributed by atoms with Crippen LogP contribution in [-0.2, 0) is 10.3 Å². The maximum atomic E-state index is 12.4. The van der Waals surface area contributed by atoms with Crippen molar-refractivity contribution in [3.8, 4) is 10.6 Å². The first kappa shape index (κ1) is 21.9. The number of amides is 1. The van der Waals surface area contributed by atoms with Crippen molar-refractivity contribution in [1.82, 2.24) is 25.5 Å². The number of carbonyl (C=O) groups excluding carboxylic acids is 1. The van der Waals surface area contributed by atoms with Gasteiger partial charge in [0.2, 0.25) is 5.91 Å². The van der Waals surface area contributed by atoms with Gasteiger partial charge in [0.05, 0.1) is 22.3 Å². The van der Waals surface area contributed by atoms with E-state index in [-0.39, 0.29) is 6.54 Å². The monoisotopic (exact) mass is 447 g/mol. The Morgan fingerprint density at radius 1 is 1.41 bits per heavy atom. The number of pyridine rings is 1. The molecule has 2 aromatic heterocycles. The summed E-state index contributed by atoms with van der Waals surface area (Å²) in [4.78, 5) is 23.0. The second-order valence-electron chi connectivity index (χ2n) is 7.27. The first-order chi connectivity index (χ1) is 13.6. The quantitative estimate of drug-likeness (QED) is 0.737. The molecule has 2 aromatic rings. The molecule has 1 fully saturated rings. The molecule has 0 aliphatic carbocycles. The highest BCUT2D eigenvalue weighted by molar-refractivity contribution is 7.13. The lowest BCUT2D eigenvalue weighted by atomic mass is 9.96. The van der Waals surface area contributed by atoms with Crippen LogP contribution in [0.3, 0.4) is 0 Å². The molecule has 3 heterocycles. The highest BCUT2D eigenvalue weighted by atomic mass is 35.5. The van der Waals surface area contributed by atoms with E-state index in [1.807, 2.05) is 24.5 Å². The molecule has 1 amide bonds. The molecule has 1 aliphatic rings. The Bertz CT molecular complexity index is 873. The van der Waals surface area contributed by atoms with Crippen molar-refractivity contribution in [2.45, 2.75) is 31.6 Å². The summed E-state index contributed by atoms with van der Waals surface area (Å²) in [6.45, 7) is 4.04. The summed E-state index contributed by atoms with van der Waals surface area (Å²) in [7, 11) is 0. The smallest absolute Gasteiger partial charge is 0.346 e. The second-order valence-corrected chi connectivity index (χ2v) is 8.57. The van der Waals surface area contributed by atoms with E-state index in [9.17, 15) is 18.0 Å². The van der Waals surface area contributed by atoms with E-state index in [1.165, 1.54) is 11.3 Å². The molecule has 0 saturated carbocycles. The molecule has 1 atom stereocenters. The zero-order valence-corrected chi connectivity index (χ0v) is 17.5. The number of thiazole rings is 1. The van der Waals surface area contributed by atoms with Crippen molar-refractivity contribution >= 4 is 28.8 Å². The molecule has 158 valence electrons. The van der Waals surface area contributed by atoms with Gasteiger partial charge in [-0.15, -0.1) is 11.3 Å². The lowest BCUT2D eigenvalue weighted by Crippen LogP contribution is -2.61. The average Bonchev–Trinajstić information content (AvgIpc) is 3.17. The van der Waals surface area contributed by atoms with Gasteiger partial charge in [-0.05, 0) is 19.9 Å². The fourth-order valence-electron chi connectivity index (χ4n) is 3.12. The number of hydrogen-bond acceptors (Lipinski definition) is 6. The largest absolute Gasteiger partial charge is 0.405 e. The lowest BCUT2D eigenvalue weighted by molar-refractivity contribution is -0.140. The number of aromatic nitrogens is 2. The summed E-state index contributed by atoms with van der Waals surface area (Å²) in [6.07, 6.45) is -1.20. The van der Waals surface area contributed by atoms with Crippen LogP contribution in [0.5, 0.6) is 0 Å². The summed E-state index contributed by atoms with van der Waals surface area (Å²) in [6, 6.07) is 1.07. The average molecular weight is 448 g/mol. The molecule has 1 aliphatic heterocycles. The highest BCUT2D eigenvalue weighted by Crippen LogP contribution is 2.33. The number of piperazine rings is 1. The zero-order chi connectivity index (χ0) is 21.2. The molecule has 2 N–H and O–H groups in total. The second kappa shape index (κ2) is 8.55. The summed E-state index contributed by atoms with van der Waals surface area (Å²) >= 11 is 7.47. The molecule has 0 bridgehead atoms. The van der Waals surface area contributed by atoms with Crippen LogP contribution in [0, 0.1) is 0 Å². The van der Waals surface area contributed by atoms with Crippen LogP contribution in [0.15, 0.2) is 23.8 Å². The standard InChI is InChI=1S/C18H21ClF3N5OS/c1-17(2,14-9-29-16(26-14)11-5-12(19)7-23-6-11)27-4-3-24-13(8-27)15(28)25-10-18(20,21)22/h5-7,9,13,24H,3-4,8,10H2,1-2H3,(H,25,28)/t13-/m0/s1. The number of rotatable bonds is 5. The van der Waals surface area contributed by atoms with Crippen LogP contribution >= 0.6 is 22.9 Å². The maximum absolute atomic E-state index is 12.4. The normalized spacial score (nSPS) is 18.6. The Labute approximate surface area is 175 Å². The molecule has 0 unspecified atom stereocenters. The van der Waals surface area contributed by atoms with E-state index >= 15 is 0 Å². The van der Waals surface area contributed by atoms with E-state index < -0.39 is 30.2 Å². The predicted octanol–water partition coefficient (Wildman–Crippen LogP) is 3.05. The van der Waals surface area contributed by atoms with Crippen molar-refractivity contribution in [3.05, 3.63) is 34.6 Å². The molecular formula is C18H21ClF3N5OS. The summed E-state index contributed by atoms with van der Waals surface area (Å²) < 4.78 is 37.1. The van der Waals surface area contributed by atoms with Gasteiger partial charge in [-0.2, -0.15) is 13.2 Å². The van der Waals surface area contributed by atoms with Crippen LogP contribution in [0.1, 0.15) is 19.5 Å². The van der Waals surface area contributed by atoms with Gasteiger partial charge >= 0.3 is 6.18 Å². The minimum Gasteiger partial charge on any atom is -0.346 e. The van der Waals surface area contributed by atoms with Crippen LogP contribution in [0.2, 0.25) is 5.02 Å². The van der Waals surface area contributed by atoms with Crippen molar-refractivity contribution in [2.75, 3.05) is 26.2 Å². The van der Waals surface area contributed by atoms with Crippen LogP contribution < -0.4 is 10.6 Å². The number of nitrogens with one attached hydrogen (secondary N) is 2. The number of carbonyl (C=O) groups is 1. The van der Waals surface area contributed by atoms with Gasteiger partial charge in [0.15, 0.2) is 0 Å². The number of halogens is 4. The Morgan fingerprint density at radius 3 is 2.86 bits per heavy atom. The molecule has 6 nitrogen and oxygen atoms in total. The van der Waals surface area contributed by atoms with Gasteiger partial charge in [0.1, 0.15) is 11.6 Å². The van der Waals surface area contributed by atoms with E-state index in [4.69, 9.17) is 16.6 Å². The van der Waals surface area contributed by atoms with E-state index in [1.54, 1.807) is 18.5 Å². The fraction of sp³-hybridized carbons (Fsp3) is 0.500. The zero-order valence-electron chi connectivity index (χ0n) is 15.9. The summed E-state index contributed by atoms with van der Waals surface area (Å²) in [5.41, 5.74) is 1.12. The van der Waals surface area contributed by atoms with Crippen molar-refractivity contribution in [3.63, 3.8) is 0 Å². The minimum atomic E-state index is -4.44. The molecular weight excluding hydrogens is 427 g/mol. The third-order valence-corrected chi connectivity index (χ3v) is 5.93.